The number of para-hydroxylation sites is 1. The average Bonchev–Trinajstić information content (AvgIpc) is 2.79. The van der Waals surface area contributed by atoms with Crippen molar-refractivity contribution in [2.75, 3.05) is 18.5 Å². The minimum Gasteiger partial charge on any atom is -0.484 e. The molecular formula is C26H28N2O3. The molecule has 0 aliphatic heterocycles. The summed E-state index contributed by atoms with van der Waals surface area (Å²) in [5, 5.41) is 5.69. The van der Waals surface area contributed by atoms with Gasteiger partial charge in [-0.15, -0.1) is 0 Å². The van der Waals surface area contributed by atoms with Crippen LogP contribution in [0.2, 0.25) is 0 Å². The predicted molar refractivity (Wildman–Crippen MR) is 124 cm³/mol. The summed E-state index contributed by atoms with van der Waals surface area (Å²) in [5.41, 5.74) is 3.25. The second-order valence-electron chi connectivity index (χ2n) is 7.60. The molecular weight excluding hydrogens is 388 g/mol. The number of rotatable bonds is 9. The number of hydrogen-bond acceptors (Lipinski definition) is 3. The van der Waals surface area contributed by atoms with E-state index in [0.29, 0.717) is 29.5 Å². The van der Waals surface area contributed by atoms with Crippen LogP contribution in [0.25, 0.3) is 0 Å². The zero-order chi connectivity index (χ0) is 22.1. The molecule has 0 saturated carbocycles. The van der Waals surface area contributed by atoms with Crippen LogP contribution in [0.3, 0.4) is 0 Å². The zero-order valence-electron chi connectivity index (χ0n) is 17.9. The van der Waals surface area contributed by atoms with Crippen LogP contribution in [-0.4, -0.2) is 25.0 Å². The summed E-state index contributed by atoms with van der Waals surface area (Å²) >= 11 is 0. The fraction of sp³-hybridized carbons (Fsp3) is 0.231. The second-order valence-corrected chi connectivity index (χ2v) is 7.60. The van der Waals surface area contributed by atoms with Gasteiger partial charge in [0, 0.05) is 6.54 Å². The van der Waals surface area contributed by atoms with Crippen molar-refractivity contribution in [1.82, 2.24) is 5.32 Å². The summed E-state index contributed by atoms with van der Waals surface area (Å²) < 4.78 is 5.58. The minimum absolute atomic E-state index is 0.134. The maximum atomic E-state index is 12.6. The molecule has 3 rings (SSSR count). The summed E-state index contributed by atoms with van der Waals surface area (Å²) in [4.78, 5) is 25.0. The standard InChI is InChI=1S/C26H28N2O3/c1-19(2)21-12-14-22(15-13-21)31-18-25(29)28-24-11-7-6-10-23(24)26(30)27-17-16-20-8-4-3-5-9-20/h3-15,19H,16-18H2,1-2H3,(H,27,30)(H,28,29). The van der Waals surface area contributed by atoms with Crippen molar-refractivity contribution in [3.63, 3.8) is 0 Å². The monoisotopic (exact) mass is 416 g/mol. The molecule has 3 aromatic carbocycles. The van der Waals surface area contributed by atoms with Crippen molar-refractivity contribution in [2.24, 2.45) is 0 Å². The zero-order valence-corrected chi connectivity index (χ0v) is 17.9. The molecule has 2 N–H and O–H groups in total. The third kappa shape index (κ3) is 6.71. The van der Waals surface area contributed by atoms with Gasteiger partial charge in [0.2, 0.25) is 0 Å². The van der Waals surface area contributed by atoms with Crippen LogP contribution in [0.15, 0.2) is 78.9 Å². The number of anilines is 1. The Morgan fingerprint density at radius 1 is 0.871 bits per heavy atom. The Balaban J connectivity index is 1.53. The van der Waals surface area contributed by atoms with Crippen molar-refractivity contribution in [3.05, 3.63) is 95.6 Å². The fourth-order valence-corrected chi connectivity index (χ4v) is 3.13. The summed E-state index contributed by atoms with van der Waals surface area (Å²) in [5.74, 6) is 0.522. The quantitative estimate of drug-likeness (QED) is 0.527. The third-order valence-corrected chi connectivity index (χ3v) is 4.90. The number of nitrogens with one attached hydrogen (secondary N) is 2. The first-order valence-corrected chi connectivity index (χ1v) is 10.5. The lowest BCUT2D eigenvalue weighted by Crippen LogP contribution is -2.28. The lowest BCUT2D eigenvalue weighted by atomic mass is 10.0. The Morgan fingerprint density at radius 3 is 2.26 bits per heavy atom. The van der Waals surface area contributed by atoms with Crippen LogP contribution in [0.4, 0.5) is 5.69 Å². The maximum Gasteiger partial charge on any atom is 0.262 e. The van der Waals surface area contributed by atoms with E-state index in [2.05, 4.69) is 24.5 Å². The van der Waals surface area contributed by atoms with Gasteiger partial charge < -0.3 is 15.4 Å². The molecule has 3 aromatic rings. The first kappa shape index (κ1) is 22.1. The van der Waals surface area contributed by atoms with Gasteiger partial charge in [0.25, 0.3) is 11.8 Å². The molecule has 0 saturated heterocycles. The number of carbonyl (C=O) groups is 2. The normalized spacial score (nSPS) is 10.5. The van der Waals surface area contributed by atoms with E-state index < -0.39 is 0 Å². The lowest BCUT2D eigenvalue weighted by molar-refractivity contribution is -0.118. The summed E-state index contributed by atoms with van der Waals surface area (Å²) in [6.45, 7) is 4.63. The van der Waals surface area contributed by atoms with E-state index in [1.54, 1.807) is 24.3 Å². The van der Waals surface area contributed by atoms with E-state index in [1.807, 2.05) is 54.6 Å². The van der Waals surface area contributed by atoms with Crippen molar-refractivity contribution in [3.8, 4) is 5.75 Å². The van der Waals surface area contributed by atoms with Crippen molar-refractivity contribution in [2.45, 2.75) is 26.2 Å². The van der Waals surface area contributed by atoms with Gasteiger partial charge >= 0.3 is 0 Å². The highest BCUT2D eigenvalue weighted by atomic mass is 16.5. The van der Waals surface area contributed by atoms with Gasteiger partial charge in [-0.3, -0.25) is 9.59 Å². The summed E-state index contributed by atoms with van der Waals surface area (Å²) in [6.07, 6.45) is 0.741. The Morgan fingerprint density at radius 2 is 1.55 bits per heavy atom. The Hall–Kier alpha value is -3.60. The van der Waals surface area contributed by atoms with Gasteiger partial charge in [-0.2, -0.15) is 0 Å². The molecule has 0 aliphatic rings. The van der Waals surface area contributed by atoms with E-state index in [4.69, 9.17) is 4.74 Å². The SMILES string of the molecule is CC(C)c1ccc(OCC(=O)Nc2ccccc2C(=O)NCCc2ccccc2)cc1. The molecule has 0 radical (unpaired) electrons. The molecule has 0 aliphatic carbocycles. The average molecular weight is 417 g/mol. The second kappa shape index (κ2) is 11.0. The van der Waals surface area contributed by atoms with Gasteiger partial charge in [-0.25, -0.2) is 0 Å². The van der Waals surface area contributed by atoms with E-state index >= 15 is 0 Å². The number of hydrogen-bond donors (Lipinski definition) is 2. The molecule has 0 atom stereocenters. The summed E-state index contributed by atoms with van der Waals surface area (Å²) in [7, 11) is 0. The van der Waals surface area contributed by atoms with Crippen molar-refractivity contribution >= 4 is 17.5 Å². The highest BCUT2D eigenvalue weighted by Crippen LogP contribution is 2.19. The Bertz CT molecular complexity index is 999. The molecule has 0 unspecified atom stereocenters. The number of ether oxygens (including phenoxy) is 1. The van der Waals surface area contributed by atoms with Crippen LogP contribution in [0.5, 0.6) is 5.75 Å². The molecule has 0 heterocycles. The largest absolute Gasteiger partial charge is 0.484 e. The lowest BCUT2D eigenvalue weighted by Gasteiger charge is -2.12. The maximum absolute atomic E-state index is 12.6. The van der Waals surface area contributed by atoms with Gasteiger partial charge in [0.05, 0.1) is 11.3 Å². The van der Waals surface area contributed by atoms with E-state index in [9.17, 15) is 9.59 Å². The van der Waals surface area contributed by atoms with Crippen molar-refractivity contribution < 1.29 is 14.3 Å². The van der Waals surface area contributed by atoms with Crippen LogP contribution in [-0.2, 0) is 11.2 Å². The van der Waals surface area contributed by atoms with Crippen molar-refractivity contribution in [1.29, 1.82) is 0 Å². The summed E-state index contributed by atoms with van der Waals surface area (Å²) in [6, 6.07) is 24.6. The van der Waals surface area contributed by atoms with Crippen LogP contribution in [0.1, 0.15) is 41.3 Å². The topological polar surface area (TPSA) is 67.4 Å². The predicted octanol–water partition coefficient (Wildman–Crippen LogP) is 4.80. The Labute approximate surface area is 183 Å². The van der Waals surface area contributed by atoms with Gasteiger partial charge in [-0.1, -0.05) is 68.4 Å². The smallest absolute Gasteiger partial charge is 0.262 e. The molecule has 31 heavy (non-hydrogen) atoms. The minimum atomic E-state index is -0.322. The van der Waals surface area contributed by atoms with Crippen LogP contribution < -0.4 is 15.4 Å². The highest BCUT2D eigenvalue weighted by molar-refractivity contribution is 6.04. The number of amides is 2. The first-order valence-electron chi connectivity index (χ1n) is 10.5. The fourth-order valence-electron chi connectivity index (χ4n) is 3.13. The van der Waals surface area contributed by atoms with Gasteiger partial charge in [-0.05, 0) is 47.7 Å². The van der Waals surface area contributed by atoms with E-state index in [1.165, 1.54) is 5.56 Å². The molecule has 5 heteroatoms. The molecule has 160 valence electrons. The van der Waals surface area contributed by atoms with Gasteiger partial charge in [0.1, 0.15) is 5.75 Å². The molecule has 0 bridgehead atoms. The molecule has 5 nitrogen and oxygen atoms in total. The Kier molecular flexibility index (Phi) is 7.82. The molecule has 0 aromatic heterocycles. The van der Waals surface area contributed by atoms with E-state index in [-0.39, 0.29) is 18.4 Å². The molecule has 0 fully saturated rings. The number of carbonyl (C=O) groups excluding carboxylic acids is 2. The van der Waals surface area contributed by atoms with Crippen LogP contribution >= 0.6 is 0 Å². The first-order chi connectivity index (χ1) is 15.0. The van der Waals surface area contributed by atoms with E-state index in [0.717, 1.165) is 12.0 Å². The highest BCUT2D eigenvalue weighted by Gasteiger charge is 2.13. The number of benzene rings is 3. The third-order valence-electron chi connectivity index (χ3n) is 4.90. The molecule has 2 amide bonds. The molecule has 0 spiro atoms. The van der Waals surface area contributed by atoms with Gasteiger partial charge in [0.15, 0.2) is 6.61 Å². The van der Waals surface area contributed by atoms with Crippen LogP contribution in [0, 0.1) is 0 Å².